The van der Waals surface area contributed by atoms with Gasteiger partial charge in [0, 0.05) is 38.8 Å². The third kappa shape index (κ3) is 5.62. The van der Waals surface area contributed by atoms with Crippen LogP contribution >= 0.6 is 0 Å². The lowest BCUT2D eigenvalue weighted by Gasteiger charge is -2.37. The molecule has 134 valence electrons. The molecule has 1 N–H and O–H groups in total. The summed E-state index contributed by atoms with van der Waals surface area (Å²) in [5.74, 6) is 1.01. The molecule has 0 aromatic heterocycles. The zero-order chi connectivity index (χ0) is 16.7. The van der Waals surface area contributed by atoms with Gasteiger partial charge in [0.2, 0.25) is 0 Å². The highest BCUT2D eigenvalue weighted by Crippen LogP contribution is 2.21. The van der Waals surface area contributed by atoms with Gasteiger partial charge in [-0.05, 0) is 40.7 Å². The van der Waals surface area contributed by atoms with E-state index < -0.39 is 0 Å². The van der Waals surface area contributed by atoms with Gasteiger partial charge < -0.3 is 24.6 Å². The molecule has 0 saturated carbocycles. The summed E-state index contributed by atoms with van der Waals surface area (Å²) in [4.78, 5) is 9.46. The van der Waals surface area contributed by atoms with Crippen molar-refractivity contribution in [3.05, 3.63) is 0 Å². The van der Waals surface area contributed by atoms with E-state index in [9.17, 15) is 0 Å². The minimum atomic E-state index is 0.174. The van der Waals surface area contributed by atoms with Crippen LogP contribution in [-0.2, 0) is 9.47 Å². The molecule has 2 heterocycles. The lowest BCUT2D eigenvalue weighted by molar-refractivity contribution is -0.0817. The van der Waals surface area contributed by atoms with Gasteiger partial charge in [0.25, 0.3) is 0 Å². The van der Waals surface area contributed by atoms with Gasteiger partial charge in [0.1, 0.15) is 6.10 Å². The van der Waals surface area contributed by atoms with Crippen LogP contribution in [0.5, 0.6) is 0 Å². The maximum atomic E-state index is 5.94. The Kier molecular flexibility index (Phi) is 7.59. The summed E-state index contributed by atoms with van der Waals surface area (Å²) in [6.07, 6.45) is 2.70. The van der Waals surface area contributed by atoms with Gasteiger partial charge in [0.05, 0.1) is 19.3 Å². The molecule has 6 nitrogen and oxygen atoms in total. The zero-order valence-corrected chi connectivity index (χ0v) is 15.3. The Morgan fingerprint density at radius 3 is 2.74 bits per heavy atom. The van der Waals surface area contributed by atoms with Gasteiger partial charge in [-0.15, -0.1) is 0 Å². The van der Waals surface area contributed by atoms with E-state index in [1.165, 1.54) is 0 Å². The fraction of sp³-hybridized carbons (Fsp3) is 0.941. The third-order valence-electron chi connectivity index (χ3n) is 4.70. The van der Waals surface area contributed by atoms with Crippen LogP contribution < -0.4 is 5.32 Å². The Balaban J connectivity index is 1.90. The third-order valence-corrected chi connectivity index (χ3v) is 4.70. The molecule has 2 unspecified atom stereocenters. The summed E-state index contributed by atoms with van der Waals surface area (Å²) >= 11 is 0. The summed E-state index contributed by atoms with van der Waals surface area (Å²) in [6.45, 7) is 12.6. The number of likely N-dealkylation sites (N-methyl/N-ethyl adjacent to an activating group) is 1. The molecule has 0 aromatic rings. The van der Waals surface area contributed by atoms with E-state index in [2.05, 4.69) is 42.9 Å². The molecule has 2 atom stereocenters. The first-order valence-corrected chi connectivity index (χ1v) is 9.08. The quantitative estimate of drug-likeness (QED) is 0.587. The molecular formula is C17H34N4O2. The Morgan fingerprint density at radius 2 is 2.09 bits per heavy atom. The molecule has 2 saturated heterocycles. The molecule has 0 amide bonds. The summed E-state index contributed by atoms with van der Waals surface area (Å²) in [5, 5.41) is 3.43. The van der Waals surface area contributed by atoms with E-state index in [0.717, 1.165) is 64.7 Å². The van der Waals surface area contributed by atoms with Crippen LogP contribution in [0.3, 0.4) is 0 Å². The topological polar surface area (TPSA) is 49.3 Å². The average molecular weight is 326 g/mol. The van der Waals surface area contributed by atoms with E-state index in [1.54, 1.807) is 0 Å². The first-order chi connectivity index (χ1) is 11.1. The second-order valence-corrected chi connectivity index (χ2v) is 6.72. The standard InChI is InChI=1S/C17H34N4O2/c1-5-18-17(19-8-9-20(4)14(2)3)21-10-12-23-16(13-21)15-7-6-11-22-15/h14-16H,5-13H2,1-4H3,(H,18,19). The second-order valence-electron chi connectivity index (χ2n) is 6.72. The predicted octanol–water partition coefficient (Wildman–Crippen LogP) is 1.17. The lowest BCUT2D eigenvalue weighted by Crippen LogP contribution is -2.53. The van der Waals surface area contributed by atoms with Crippen molar-refractivity contribution in [1.29, 1.82) is 0 Å². The number of nitrogens with zero attached hydrogens (tertiary/aromatic N) is 3. The van der Waals surface area contributed by atoms with Crippen molar-refractivity contribution >= 4 is 5.96 Å². The van der Waals surface area contributed by atoms with Crippen molar-refractivity contribution < 1.29 is 9.47 Å². The maximum Gasteiger partial charge on any atom is 0.194 e. The van der Waals surface area contributed by atoms with Crippen molar-refractivity contribution in [2.24, 2.45) is 4.99 Å². The molecule has 23 heavy (non-hydrogen) atoms. The monoisotopic (exact) mass is 326 g/mol. The number of aliphatic imine (C=N–C) groups is 1. The number of guanidine groups is 1. The van der Waals surface area contributed by atoms with Crippen molar-refractivity contribution in [3.8, 4) is 0 Å². The molecule has 0 radical (unpaired) electrons. The number of nitrogens with one attached hydrogen (secondary N) is 1. The fourth-order valence-electron chi connectivity index (χ4n) is 2.99. The average Bonchev–Trinajstić information content (AvgIpc) is 3.08. The molecule has 6 heteroatoms. The molecule has 0 bridgehead atoms. The van der Waals surface area contributed by atoms with Gasteiger partial charge in [-0.2, -0.15) is 0 Å². The minimum absolute atomic E-state index is 0.174. The van der Waals surface area contributed by atoms with E-state index in [-0.39, 0.29) is 12.2 Å². The number of ether oxygens (including phenoxy) is 2. The molecule has 0 aliphatic carbocycles. The summed E-state index contributed by atoms with van der Waals surface area (Å²) < 4.78 is 11.7. The van der Waals surface area contributed by atoms with Crippen LogP contribution in [0.25, 0.3) is 0 Å². The van der Waals surface area contributed by atoms with Gasteiger partial charge in [-0.25, -0.2) is 0 Å². The highest BCUT2D eigenvalue weighted by Gasteiger charge is 2.32. The van der Waals surface area contributed by atoms with Crippen LogP contribution in [0.1, 0.15) is 33.6 Å². The van der Waals surface area contributed by atoms with Crippen LogP contribution in [0.4, 0.5) is 0 Å². The van der Waals surface area contributed by atoms with Gasteiger partial charge in [-0.1, -0.05) is 0 Å². The van der Waals surface area contributed by atoms with Gasteiger partial charge in [0.15, 0.2) is 5.96 Å². The number of rotatable bonds is 6. The second kappa shape index (κ2) is 9.45. The molecule has 0 aromatic carbocycles. The predicted molar refractivity (Wildman–Crippen MR) is 94.0 cm³/mol. The Labute approximate surface area is 141 Å². The molecular weight excluding hydrogens is 292 g/mol. The highest BCUT2D eigenvalue weighted by molar-refractivity contribution is 5.80. The smallest absolute Gasteiger partial charge is 0.194 e. The molecule has 0 spiro atoms. The normalized spacial score (nSPS) is 26.3. The van der Waals surface area contributed by atoms with E-state index in [0.29, 0.717) is 6.04 Å². The Bertz CT molecular complexity index is 370. The van der Waals surface area contributed by atoms with E-state index in [4.69, 9.17) is 14.5 Å². The molecule has 2 aliphatic heterocycles. The first-order valence-electron chi connectivity index (χ1n) is 9.08. The summed E-state index contributed by atoms with van der Waals surface area (Å²) in [6, 6.07) is 0.556. The Morgan fingerprint density at radius 1 is 1.30 bits per heavy atom. The van der Waals surface area contributed by atoms with Gasteiger partial charge >= 0.3 is 0 Å². The highest BCUT2D eigenvalue weighted by atomic mass is 16.5. The number of morpholine rings is 1. The number of hydrogen-bond donors (Lipinski definition) is 1. The lowest BCUT2D eigenvalue weighted by atomic mass is 10.1. The van der Waals surface area contributed by atoms with E-state index >= 15 is 0 Å². The maximum absolute atomic E-state index is 5.94. The van der Waals surface area contributed by atoms with Crippen molar-refractivity contribution in [2.45, 2.75) is 51.9 Å². The first kappa shape index (κ1) is 18.5. The van der Waals surface area contributed by atoms with Crippen molar-refractivity contribution in [3.63, 3.8) is 0 Å². The summed E-state index contributed by atoms with van der Waals surface area (Å²) in [7, 11) is 2.15. The minimum Gasteiger partial charge on any atom is -0.375 e. The largest absolute Gasteiger partial charge is 0.375 e. The van der Waals surface area contributed by atoms with Crippen LogP contribution in [-0.4, -0.2) is 87.0 Å². The van der Waals surface area contributed by atoms with Gasteiger partial charge in [-0.3, -0.25) is 4.99 Å². The molecule has 2 aliphatic rings. The SMILES string of the molecule is CCNC(=NCCN(C)C(C)C)N1CCOC(C2CCCO2)C1. The van der Waals surface area contributed by atoms with Crippen LogP contribution in [0.15, 0.2) is 4.99 Å². The van der Waals surface area contributed by atoms with Crippen LogP contribution in [0, 0.1) is 0 Å². The fourth-order valence-corrected chi connectivity index (χ4v) is 2.99. The summed E-state index contributed by atoms with van der Waals surface area (Å²) in [5.41, 5.74) is 0. The van der Waals surface area contributed by atoms with E-state index in [1.807, 2.05) is 0 Å². The Hall–Kier alpha value is -0.850. The molecule has 2 fully saturated rings. The van der Waals surface area contributed by atoms with Crippen molar-refractivity contribution in [1.82, 2.24) is 15.1 Å². The van der Waals surface area contributed by atoms with Crippen LogP contribution in [0.2, 0.25) is 0 Å². The number of hydrogen-bond acceptors (Lipinski definition) is 4. The van der Waals surface area contributed by atoms with Crippen molar-refractivity contribution in [2.75, 3.05) is 53.0 Å². The zero-order valence-electron chi connectivity index (χ0n) is 15.3. The molecule has 2 rings (SSSR count).